The summed E-state index contributed by atoms with van der Waals surface area (Å²) in [4.78, 5) is 2.53. The van der Waals surface area contributed by atoms with E-state index in [9.17, 15) is 0 Å². The Balaban J connectivity index is 1.90. The van der Waals surface area contributed by atoms with Gasteiger partial charge in [0, 0.05) is 6.54 Å². The first-order chi connectivity index (χ1) is 4.47. The van der Waals surface area contributed by atoms with E-state index in [0.29, 0.717) is 0 Å². The van der Waals surface area contributed by atoms with Crippen LogP contribution >= 0.6 is 0 Å². The summed E-state index contributed by atoms with van der Waals surface area (Å²) in [6.45, 7) is 2.47. The van der Waals surface area contributed by atoms with Crippen LogP contribution in [0, 0.1) is 0 Å². The largest absolute Gasteiger partial charge is 0.289 e. The lowest BCUT2D eigenvalue weighted by molar-refractivity contribution is 0.0514. The molecule has 0 amide bonds. The Labute approximate surface area is 56.2 Å². The minimum atomic E-state index is 0.757. The monoisotopic (exact) mass is 126 g/mol. The van der Waals surface area contributed by atoms with E-state index >= 15 is 0 Å². The lowest BCUT2D eigenvalue weighted by atomic mass is 10.2. The zero-order valence-corrected chi connectivity index (χ0v) is 5.77. The van der Waals surface area contributed by atoms with Crippen LogP contribution < -0.4 is 5.32 Å². The van der Waals surface area contributed by atoms with Crippen molar-refractivity contribution in [3.05, 3.63) is 0 Å². The second kappa shape index (κ2) is 2.27. The predicted octanol–water partition coefficient (Wildman–Crippen LogP) is 0.749. The van der Waals surface area contributed by atoms with Crippen LogP contribution in [0.3, 0.4) is 0 Å². The second-order valence-corrected chi connectivity index (χ2v) is 3.04. The third-order valence-electron chi connectivity index (χ3n) is 2.39. The van der Waals surface area contributed by atoms with Gasteiger partial charge in [0.2, 0.25) is 0 Å². The van der Waals surface area contributed by atoms with Crippen LogP contribution in [0.25, 0.3) is 0 Å². The third-order valence-corrected chi connectivity index (χ3v) is 2.39. The first-order valence-electron chi connectivity index (χ1n) is 3.94. The summed E-state index contributed by atoms with van der Waals surface area (Å²) in [5.74, 6) is 0. The Morgan fingerprint density at radius 3 is 3.00 bits per heavy atom. The summed E-state index contributed by atoms with van der Waals surface area (Å²) in [6.07, 6.45) is 6.41. The number of nitrogens with zero attached hydrogens (tertiary/aromatic N) is 1. The van der Waals surface area contributed by atoms with Crippen LogP contribution in [-0.4, -0.2) is 24.3 Å². The number of fused-ring (bicyclic) bond motifs is 1. The van der Waals surface area contributed by atoms with Gasteiger partial charge in [0.25, 0.3) is 0 Å². The second-order valence-electron chi connectivity index (χ2n) is 3.04. The molecule has 0 spiro atoms. The molecule has 2 fully saturated rings. The van der Waals surface area contributed by atoms with Crippen LogP contribution in [0.5, 0.6) is 0 Å². The molecule has 2 rings (SSSR count). The van der Waals surface area contributed by atoms with Gasteiger partial charge < -0.3 is 0 Å². The lowest BCUT2D eigenvalue weighted by Gasteiger charge is -2.40. The van der Waals surface area contributed by atoms with Crippen LogP contribution in [0.1, 0.15) is 25.7 Å². The van der Waals surface area contributed by atoms with Crippen molar-refractivity contribution in [2.24, 2.45) is 0 Å². The molecule has 2 aliphatic heterocycles. The maximum Gasteiger partial charge on any atom is 0.0618 e. The Hall–Kier alpha value is -0.0800. The highest BCUT2D eigenvalue weighted by Crippen LogP contribution is 2.18. The van der Waals surface area contributed by atoms with Crippen molar-refractivity contribution in [2.45, 2.75) is 31.8 Å². The average molecular weight is 126 g/mol. The molecule has 0 aromatic rings. The van der Waals surface area contributed by atoms with Crippen LogP contribution in [0.2, 0.25) is 0 Å². The van der Waals surface area contributed by atoms with Crippen molar-refractivity contribution in [1.29, 1.82) is 0 Å². The SMILES string of the molecule is C1CCC2NCN2CC1. The summed E-state index contributed by atoms with van der Waals surface area (Å²) >= 11 is 0. The van der Waals surface area contributed by atoms with E-state index in [1.54, 1.807) is 0 Å². The van der Waals surface area contributed by atoms with E-state index in [-0.39, 0.29) is 0 Å². The Bertz CT molecular complexity index is 91.1. The van der Waals surface area contributed by atoms with Crippen LogP contribution in [-0.2, 0) is 0 Å². The van der Waals surface area contributed by atoms with E-state index in [0.717, 1.165) is 12.8 Å². The fourth-order valence-corrected chi connectivity index (χ4v) is 1.70. The first-order valence-corrected chi connectivity index (χ1v) is 3.94. The average Bonchev–Trinajstić information content (AvgIpc) is 1.94. The molecule has 0 bridgehead atoms. The van der Waals surface area contributed by atoms with Crippen LogP contribution in [0.4, 0.5) is 0 Å². The summed E-state index contributed by atoms with van der Waals surface area (Å²) < 4.78 is 0. The maximum absolute atomic E-state index is 3.41. The van der Waals surface area contributed by atoms with Gasteiger partial charge >= 0.3 is 0 Å². The van der Waals surface area contributed by atoms with E-state index in [1.807, 2.05) is 0 Å². The van der Waals surface area contributed by atoms with Crippen molar-refractivity contribution in [3.63, 3.8) is 0 Å². The van der Waals surface area contributed by atoms with Gasteiger partial charge in [-0.3, -0.25) is 10.2 Å². The third kappa shape index (κ3) is 0.970. The summed E-state index contributed by atoms with van der Waals surface area (Å²) in [5.41, 5.74) is 0. The Morgan fingerprint density at radius 1 is 1.22 bits per heavy atom. The van der Waals surface area contributed by atoms with Crippen molar-refractivity contribution in [3.8, 4) is 0 Å². The molecule has 1 atom stereocenters. The van der Waals surface area contributed by atoms with Gasteiger partial charge in [-0.2, -0.15) is 0 Å². The summed E-state index contributed by atoms with van der Waals surface area (Å²) in [5, 5.41) is 3.41. The van der Waals surface area contributed by atoms with Crippen molar-refractivity contribution in [2.75, 3.05) is 13.2 Å². The number of rotatable bonds is 0. The molecule has 0 aliphatic carbocycles. The van der Waals surface area contributed by atoms with Gasteiger partial charge in [-0.15, -0.1) is 0 Å². The first kappa shape index (κ1) is 5.69. The number of nitrogens with one attached hydrogen (secondary N) is 1. The molecular weight excluding hydrogens is 112 g/mol. The van der Waals surface area contributed by atoms with Gasteiger partial charge in [0.1, 0.15) is 0 Å². The highest BCUT2D eigenvalue weighted by molar-refractivity contribution is 4.79. The van der Waals surface area contributed by atoms with E-state index in [2.05, 4.69) is 10.2 Å². The molecule has 1 N–H and O–H groups in total. The smallest absolute Gasteiger partial charge is 0.0618 e. The maximum atomic E-state index is 3.41. The van der Waals surface area contributed by atoms with Gasteiger partial charge in [0.05, 0.1) is 12.8 Å². The molecule has 2 heterocycles. The highest BCUT2D eigenvalue weighted by atomic mass is 15.4. The molecule has 9 heavy (non-hydrogen) atoms. The molecule has 0 aromatic heterocycles. The molecule has 2 saturated heterocycles. The van der Waals surface area contributed by atoms with Gasteiger partial charge in [-0.25, -0.2) is 0 Å². The lowest BCUT2D eigenvalue weighted by Crippen LogP contribution is -2.60. The molecule has 1 unspecified atom stereocenters. The predicted molar refractivity (Wildman–Crippen MR) is 37.0 cm³/mol. The number of hydrogen-bond acceptors (Lipinski definition) is 2. The Morgan fingerprint density at radius 2 is 2.22 bits per heavy atom. The summed E-state index contributed by atoms with van der Waals surface area (Å²) in [6, 6.07) is 0. The van der Waals surface area contributed by atoms with Crippen molar-refractivity contribution < 1.29 is 0 Å². The van der Waals surface area contributed by atoms with Gasteiger partial charge in [0.15, 0.2) is 0 Å². The standard InChI is InChI=1S/C7H14N2/c1-2-4-7-8-6-9(7)5-3-1/h7-8H,1-6H2. The minimum Gasteiger partial charge on any atom is -0.289 e. The normalized spacial score (nSPS) is 36.7. The minimum absolute atomic E-state index is 0.757. The molecule has 0 radical (unpaired) electrons. The molecule has 2 aliphatic rings. The zero-order chi connectivity index (χ0) is 6.10. The quantitative estimate of drug-likeness (QED) is 0.515. The fraction of sp³-hybridized carbons (Fsp3) is 1.00. The fourth-order valence-electron chi connectivity index (χ4n) is 1.70. The zero-order valence-electron chi connectivity index (χ0n) is 5.77. The highest BCUT2D eigenvalue weighted by Gasteiger charge is 2.27. The molecule has 0 saturated carbocycles. The van der Waals surface area contributed by atoms with Crippen molar-refractivity contribution >= 4 is 0 Å². The number of hydrogen-bond donors (Lipinski definition) is 1. The van der Waals surface area contributed by atoms with Crippen LogP contribution in [0.15, 0.2) is 0 Å². The van der Waals surface area contributed by atoms with Gasteiger partial charge in [-0.05, 0) is 12.8 Å². The molecule has 2 heteroatoms. The molecular formula is C7H14N2. The topological polar surface area (TPSA) is 15.3 Å². The van der Waals surface area contributed by atoms with E-state index in [4.69, 9.17) is 0 Å². The molecule has 52 valence electrons. The van der Waals surface area contributed by atoms with Gasteiger partial charge in [-0.1, -0.05) is 12.8 Å². The molecule has 2 nitrogen and oxygen atoms in total. The summed E-state index contributed by atoms with van der Waals surface area (Å²) in [7, 11) is 0. The van der Waals surface area contributed by atoms with Crippen molar-refractivity contribution in [1.82, 2.24) is 10.2 Å². The molecule has 0 aromatic carbocycles. The van der Waals surface area contributed by atoms with E-state index < -0.39 is 0 Å². The Kier molecular flexibility index (Phi) is 1.44. The van der Waals surface area contributed by atoms with E-state index in [1.165, 1.54) is 32.2 Å².